The topological polar surface area (TPSA) is 25.8 Å². The van der Waals surface area contributed by atoms with Crippen molar-refractivity contribution in [3.05, 3.63) is 151 Å². The molecular weight excluding hydrogens is 821 g/mol. The standard InChI is InChI=1S/C27H16NS.C18H24NSi.Ir/c1-2-7-18(8-3-1)20-13-14-22-23-11-6-12-24(27(23)29-26(22)16-20)25-15-19-9-4-5-10-21(19)17-28-25;1-14(2)11-16-12-17(15-9-7-6-8-10-15)19-13-18(16)20(3,4)5;/h1-11,13-17H;6-9,12-14H,11H2,1-5H3;/q2*-1;. The van der Waals surface area contributed by atoms with Gasteiger partial charge in [-0.1, -0.05) is 123 Å². The van der Waals surface area contributed by atoms with Gasteiger partial charge < -0.3 is 9.97 Å². The Balaban J connectivity index is 0.000000182. The summed E-state index contributed by atoms with van der Waals surface area (Å²) < 4.78 is 2.54. The summed E-state index contributed by atoms with van der Waals surface area (Å²) in [5, 5.41) is 6.42. The van der Waals surface area contributed by atoms with E-state index in [0.717, 1.165) is 34.3 Å². The number of hydrogen-bond acceptors (Lipinski definition) is 3. The second-order valence-electron chi connectivity index (χ2n) is 14.0. The molecule has 1 radical (unpaired) electrons. The van der Waals surface area contributed by atoms with E-state index in [9.17, 15) is 0 Å². The van der Waals surface area contributed by atoms with Gasteiger partial charge in [-0.15, -0.1) is 59.7 Å². The third kappa shape index (κ3) is 7.72. The molecule has 251 valence electrons. The summed E-state index contributed by atoms with van der Waals surface area (Å²) in [5.74, 6) is 0.667. The quantitative estimate of drug-likeness (QED) is 0.123. The molecule has 0 amide bonds. The Kier molecular flexibility index (Phi) is 10.9. The SMILES string of the molecule is CC(C)Cc1cc(-c2[c-]cccc2)ncc1[Si](C)(C)C.[Ir].[c-]1ccc2c(sc3cc(-c4ccccc4)ccc32)c1-c1cc2ccccc2cn1. The van der Waals surface area contributed by atoms with Gasteiger partial charge in [-0.25, -0.2) is 0 Å². The molecule has 0 saturated carbocycles. The Morgan fingerprint density at radius 3 is 2.14 bits per heavy atom. The molecule has 5 aromatic carbocycles. The van der Waals surface area contributed by atoms with Crippen LogP contribution in [0.5, 0.6) is 0 Å². The molecule has 0 N–H and O–H groups in total. The maximum atomic E-state index is 4.74. The van der Waals surface area contributed by atoms with Gasteiger partial charge in [-0.2, -0.15) is 11.3 Å². The minimum atomic E-state index is -1.34. The van der Waals surface area contributed by atoms with Crippen molar-refractivity contribution in [2.75, 3.05) is 0 Å². The number of thiophene rings is 1. The van der Waals surface area contributed by atoms with Crippen LogP contribution in [-0.4, -0.2) is 18.0 Å². The van der Waals surface area contributed by atoms with Gasteiger partial charge >= 0.3 is 0 Å². The molecule has 0 spiro atoms. The van der Waals surface area contributed by atoms with E-state index in [1.165, 1.54) is 47.4 Å². The van der Waals surface area contributed by atoms with Crippen LogP contribution in [0.4, 0.5) is 0 Å². The molecule has 8 rings (SSSR count). The number of benzene rings is 5. The normalized spacial score (nSPS) is 11.4. The fourth-order valence-corrected chi connectivity index (χ4v) is 9.28. The number of hydrogen-bond donors (Lipinski definition) is 0. The monoisotopic (exact) mass is 861 g/mol. The van der Waals surface area contributed by atoms with Crippen LogP contribution in [0.15, 0.2) is 134 Å². The van der Waals surface area contributed by atoms with Crippen LogP contribution in [0.3, 0.4) is 0 Å². The second kappa shape index (κ2) is 15.3. The van der Waals surface area contributed by atoms with E-state index in [-0.39, 0.29) is 20.1 Å². The van der Waals surface area contributed by atoms with Gasteiger partial charge in [0.2, 0.25) is 0 Å². The van der Waals surface area contributed by atoms with Crippen molar-refractivity contribution < 1.29 is 20.1 Å². The second-order valence-corrected chi connectivity index (χ2v) is 20.1. The first kappa shape index (κ1) is 35.6. The number of aromatic nitrogens is 2. The largest absolute Gasteiger partial charge is 0.305 e. The summed E-state index contributed by atoms with van der Waals surface area (Å²) in [6, 6.07) is 49.1. The Morgan fingerprint density at radius 2 is 1.40 bits per heavy atom. The predicted molar refractivity (Wildman–Crippen MR) is 214 cm³/mol. The van der Waals surface area contributed by atoms with Gasteiger partial charge in [0.1, 0.15) is 0 Å². The van der Waals surface area contributed by atoms with Crippen LogP contribution in [0.2, 0.25) is 19.6 Å². The van der Waals surface area contributed by atoms with Gasteiger partial charge in [0.15, 0.2) is 0 Å². The molecule has 0 aliphatic rings. The van der Waals surface area contributed by atoms with E-state index in [4.69, 9.17) is 4.98 Å². The number of nitrogens with zero attached hydrogens (tertiary/aromatic N) is 2. The maximum Gasteiger partial charge on any atom is 0.0798 e. The van der Waals surface area contributed by atoms with Crippen LogP contribution < -0.4 is 5.19 Å². The molecule has 0 aliphatic heterocycles. The van der Waals surface area contributed by atoms with Crippen LogP contribution in [0, 0.1) is 18.1 Å². The fraction of sp³-hybridized carbons (Fsp3) is 0.156. The van der Waals surface area contributed by atoms with Crippen LogP contribution in [0.25, 0.3) is 64.6 Å². The Bertz CT molecular complexity index is 2380. The number of pyridine rings is 2. The predicted octanol–water partition coefficient (Wildman–Crippen LogP) is 12.0. The molecule has 0 fully saturated rings. The van der Waals surface area contributed by atoms with Crippen molar-refractivity contribution in [1.82, 2.24) is 9.97 Å². The van der Waals surface area contributed by atoms with E-state index in [1.807, 2.05) is 47.9 Å². The van der Waals surface area contributed by atoms with Crippen LogP contribution in [-0.2, 0) is 26.5 Å². The Hall–Kier alpha value is -4.25. The van der Waals surface area contributed by atoms with Gasteiger partial charge in [0.25, 0.3) is 0 Å². The van der Waals surface area contributed by atoms with E-state index < -0.39 is 8.07 Å². The zero-order chi connectivity index (χ0) is 34.0. The van der Waals surface area contributed by atoms with Crippen LogP contribution in [0.1, 0.15) is 19.4 Å². The minimum Gasteiger partial charge on any atom is -0.305 e. The zero-order valence-electron chi connectivity index (χ0n) is 29.1. The molecule has 3 heterocycles. The minimum absolute atomic E-state index is 0. The summed E-state index contributed by atoms with van der Waals surface area (Å²) in [7, 11) is -1.34. The third-order valence-electron chi connectivity index (χ3n) is 8.84. The first-order valence-corrected chi connectivity index (χ1v) is 21.3. The fourth-order valence-electron chi connectivity index (χ4n) is 6.44. The van der Waals surface area contributed by atoms with E-state index in [2.05, 4.69) is 148 Å². The van der Waals surface area contributed by atoms with Gasteiger partial charge in [0.05, 0.1) is 8.07 Å². The molecule has 50 heavy (non-hydrogen) atoms. The first-order chi connectivity index (χ1) is 23.7. The molecule has 8 aromatic rings. The average molecular weight is 861 g/mol. The van der Waals surface area contributed by atoms with Crippen molar-refractivity contribution in [3.8, 4) is 33.6 Å². The van der Waals surface area contributed by atoms with Crippen molar-refractivity contribution in [1.29, 1.82) is 0 Å². The van der Waals surface area contributed by atoms with Gasteiger partial charge in [-0.3, -0.25) is 0 Å². The summed E-state index contributed by atoms with van der Waals surface area (Å²) in [4.78, 5) is 9.42. The van der Waals surface area contributed by atoms with E-state index in [1.54, 1.807) is 0 Å². The zero-order valence-corrected chi connectivity index (χ0v) is 33.3. The molecule has 5 heteroatoms. The first-order valence-electron chi connectivity index (χ1n) is 17.0. The summed E-state index contributed by atoms with van der Waals surface area (Å²) in [5.41, 5.74) is 8.15. The van der Waals surface area contributed by atoms with Gasteiger partial charge in [-0.05, 0) is 67.0 Å². The molecule has 0 saturated heterocycles. The summed E-state index contributed by atoms with van der Waals surface area (Å²) >= 11 is 1.83. The molecule has 0 bridgehead atoms. The third-order valence-corrected chi connectivity index (χ3v) is 12.1. The van der Waals surface area contributed by atoms with E-state index in [0.29, 0.717) is 5.92 Å². The number of rotatable bonds is 6. The average Bonchev–Trinajstić information content (AvgIpc) is 3.50. The number of fused-ring (bicyclic) bond motifs is 4. The molecule has 2 nitrogen and oxygen atoms in total. The van der Waals surface area contributed by atoms with Crippen molar-refractivity contribution in [3.63, 3.8) is 0 Å². The Morgan fingerprint density at radius 1 is 0.660 bits per heavy atom. The molecule has 0 aliphatic carbocycles. The van der Waals surface area contributed by atoms with Crippen LogP contribution >= 0.6 is 11.3 Å². The van der Waals surface area contributed by atoms with Gasteiger partial charge in [0, 0.05) is 37.2 Å². The van der Waals surface area contributed by atoms with Crippen molar-refractivity contribution in [2.45, 2.75) is 39.9 Å². The van der Waals surface area contributed by atoms with Crippen molar-refractivity contribution in [2.24, 2.45) is 5.92 Å². The molecule has 0 atom stereocenters. The molecule has 0 unspecified atom stereocenters. The molecule has 3 aromatic heterocycles. The Labute approximate surface area is 314 Å². The summed E-state index contributed by atoms with van der Waals surface area (Å²) in [6.45, 7) is 11.7. The summed E-state index contributed by atoms with van der Waals surface area (Å²) in [6.07, 6.45) is 5.19. The molecular formula is C45H40IrN2SSi-2. The van der Waals surface area contributed by atoms with E-state index >= 15 is 0 Å². The smallest absolute Gasteiger partial charge is 0.0798 e. The van der Waals surface area contributed by atoms with Crippen molar-refractivity contribution >= 4 is 55.5 Å². The maximum absolute atomic E-state index is 4.74.